The molecular formula is C13H12BrClN2O3S. The van der Waals surface area contributed by atoms with E-state index in [0.717, 1.165) is 4.47 Å². The van der Waals surface area contributed by atoms with Gasteiger partial charge >= 0.3 is 0 Å². The van der Waals surface area contributed by atoms with Gasteiger partial charge in [-0.25, -0.2) is 13.4 Å². The molecule has 1 aromatic carbocycles. The number of aromatic nitrogens is 1. The molecule has 0 radical (unpaired) electrons. The average molecular weight is 392 g/mol. The number of methoxy groups -OCH3 is 1. The second-order valence-electron chi connectivity index (χ2n) is 4.22. The molecule has 0 aliphatic rings. The molecule has 0 spiro atoms. The number of aryl methyl sites for hydroxylation is 1. The van der Waals surface area contributed by atoms with Crippen molar-refractivity contribution < 1.29 is 13.2 Å². The second kappa shape index (κ2) is 6.21. The summed E-state index contributed by atoms with van der Waals surface area (Å²) in [6, 6.07) is 6.15. The Balaban J connectivity index is 2.45. The van der Waals surface area contributed by atoms with E-state index in [1.807, 2.05) is 0 Å². The van der Waals surface area contributed by atoms with Crippen molar-refractivity contribution in [1.82, 2.24) is 4.98 Å². The number of nitrogens with one attached hydrogen (secondary N) is 1. The van der Waals surface area contributed by atoms with Gasteiger partial charge in [-0.15, -0.1) is 0 Å². The molecule has 2 rings (SSSR count). The summed E-state index contributed by atoms with van der Waals surface area (Å²) in [6.45, 7) is 1.75. The van der Waals surface area contributed by atoms with Gasteiger partial charge < -0.3 is 4.74 Å². The summed E-state index contributed by atoms with van der Waals surface area (Å²) in [5.74, 6) is 0.460. The fraction of sp³-hybridized carbons (Fsp3) is 0.154. The Morgan fingerprint density at radius 1 is 1.33 bits per heavy atom. The maximum Gasteiger partial charge on any atom is 0.266 e. The van der Waals surface area contributed by atoms with Crippen LogP contribution in [0.5, 0.6) is 5.75 Å². The molecule has 0 amide bonds. The first-order valence-corrected chi connectivity index (χ1v) is 8.47. The van der Waals surface area contributed by atoms with Crippen molar-refractivity contribution in [3.8, 4) is 5.75 Å². The molecule has 1 aromatic heterocycles. The number of rotatable bonds is 4. The Labute approximate surface area is 136 Å². The number of sulfonamides is 1. The van der Waals surface area contributed by atoms with Crippen LogP contribution >= 0.6 is 27.5 Å². The lowest BCUT2D eigenvalue weighted by molar-refractivity contribution is 0.403. The van der Waals surface area contributed by atoms with E-state index < -0.39 is 10.0 Å². The molecule has 0 fully saturated rings. The van der Waals surface area contributed by atoms with Crippen molar-refractivity contribution in [2.75, 3.05) is 11.8 Å². The van der Waals surface area contributed by atoms with E-state index in [1.54, 1.807) is 19.1 Å². The van der Waals surface area contributed by atoms with Crippen molar-refractivity contribution in [1.29, 1.82) is 0 Å². The first kappa shape index (κ1) is 16.1. The number of pyridine rings is 1. The topological polar surface area (TPSA) is 68.3 Å². The Hall–Kier alpha value is -1.31. The molecule has 0 saturated carbocycles. The molecule has 0 atom stereocenters. The number of hydrogen-bond donors (Lipinski definition) is 1. The van der Waals surface area contributed by atoms with E-state index in [9.17, 15) is 8.42 Å². The summed E-state index contributed by atoms with van der Waals surface area (Å²) < 4.78 is 33.2. The van der Waals surface area contributed by atoms with Gasteiger partial charge in [-0.05, 0) is 52.7 Å². The number of halogens is 2. The van der Waals surface area contributed by atoms with E-state index >= 15 is 0 Å². The van der Waals surface area contributed by atoms with Gasteiger partial charge in [0, 0.05) is 15.7 Å². The lowest BCUT2D eigenvalue weighted by atomic mass is 10.3. The van der Waals surface area contributed by atoms with Crippen LogP contribution in [0.4, 0.5) is 5.82 Å². The number of hydrogen-bond acceptors (Lipinski definition) is 4. The fourth-order valence-corrected chi connectivity index (χ4v) is 3.65. The highest BCUT2D eigenvalue weighted by atomic mass is 79.9. The predicted molar refractivity (Wildman–Crippen MR) is 85.5 cm³/mol. The number of ether oxygens (including phenoxy) is 1. The summed E-state index contributed by atoms with van der Waals surface area (Å²) in [5.41, 5.74) is 0.689. The summed E-state index contributed by atoms with van der Waals surface area (Å²) in [4.78, 5) is 4.02. The maximum absolute atomic E-state index is 12.5. The summed E-state index contributed by atoms with van der Waals surface area (Å²) in [6.07, 6.45) is 1.51. The Morgan fingerprint density at radius 3 is 2.67 bits per heavy atom. The second-order valence-corrected chi connectivity index (χ2v) is 7.22. The van der Waals surface area contributed by atoms with Gasteiger partial charge in [0.15, 0.2) is 0 Å². The van der Waals surface area contributed by atoms with E-state index in [2.05, 4.69) is 25.6 Å². The van der Waals surface area contributed by atoms with Crippen molar-refractivity contribution in [2.24, 2.45) is 0 Å². The van der Waals surface area contributed by atoms with Crippen LogP contribution in [0.25, 0.3) is 0 Å². The molecular weight excluding hydrogens is 380 g/mol. The molecule has 1 N–H and O–H groups in total. The van der Waals surface area contributed by atoms with Crippen molar-refractivity contribution in [2.45, 2.75) is 11.8 Å². The van der Waals surface area contributed by atoms with Crippen molar-refractivity contribution >= 4 is 43.4 Å². The average Bonchev–Trinajstić information content (AvgIpc) is 2.42. The molecule has 1 heterocycles. The fourth-order valence-electron chi connectivity index (χ4n) is 1.69. The summed E-state index contributed by atoms with van der Waals surface area (Å²) in [7, 11) is -2.46. The first-order chi connectivity index (χ1) is 9.83. The van der Waals surface area contributed by atoms with E-state index in [4.69, 9.17) is 16.3 Å². The molecule has 112 valence electrons. The molecule has 0 aliphatic heterocycles. The quantitative estimate of drug-likeness (QED) is 0.864. The Bertz CT molecular complexity index is 781. The van der Waals surface area contributed by atoms with Gasteiger partial charge in [0.1, 0.15) is 16.5 Å². The molecule has 21 heavy (non-hydrogen) atoms. The minimum Gasteiger partial charge on any atom is -0.495 e. The third kappa shape index (κ3) is 3.66. The molecule has 0 aliphatic carbocycles. The first-order valence-electron chi connectivity index (χ1n) is 5.82. The van der Waals surface area contributed by atoms with E-state index in [1.165, 1.54) is 25.4 Å². The van der Waals surface area contributed by atoms with Crippen molar-refractivity contribution in [3.63, 3.8) is 0 Å². The van der Waals surface area contributed by atoms with Crippen LogP contribution in [0, 0.1) is 6.92 Å². The largest absolute Gasteiger partial charge is 0.495 e. The van der Waals surface area contributed by atoms with Crippen molar-refractivity contribution in [3.05, 3.63) is 45.5 Å². The maximum atomic E-state index is 12.5. The number of benzene rings is 1. The zero-order valence-electron chi connectivity index (χ0n) is 11.2. The lowest BCUT2D eigenvalue weighted by Crippen LogP contribution is -2.15. The standard InChI is InChI=1S/C13H12BrClN2O3S/c1-8-5-9(14)7-16-13(8)17-21(18,19)12-6-10(15)3-4-11(12)20-2/h3-7H,1-2H3,(H,16,17). The number of anilines is 1. The monoisotopic (exact) mass is 390 g/mol. The van der Waals surface area contributed by atoms with Crippen LogP contribution in [-0.4, -0.2) is 20.5 Å². The summed E-state index contributed by atoms with van der Waals surface area (Å²) >= 11 is 9.14. The predicted octanol–water partition coefficient (Wildman–Crippen LogP) is 3.62. The van der Waals surface area contributed by atoms with Crippen LogP contribution < -0.4 is 9.46 Å². The zero-order valence-corrected chi connectivity index (χ0v) is 14.4. The van der Waals surface area contributed by atoms with E-state index in [0.29, 0.717) is 10.6 Å². The zero-order chi connectivity index (χ0) is 15.6. The SMILES string of the molecule is COc1ccc(Cl)cc1S(=O)(=O)Nc1ncc(Br)cc1C. The highest BCUT2D eigenvalue weighted by Gasteiger charge is 2.21. The van der Waals surface area contributed by atoms with Gasteiger partial charge in [0.2, 0.25) is 0 Å². The van der Waals surface area contributed by atoms with Crippen LogP contribution in [0.1, 0.15) is 5.56 Å². The van der Waals surface area contributed by atoms with Crippen LogP contribution in [-0.2, 0) is 10.0 Å². The smallest absolute Gasteiger partial charge is 0.266 e. The van der Waals surface area contributed by atoms with Gasteiger partial charge in [-0.2, -0.15) is 0 Å². The molecule has 0 unspecified atom stereocenters. The minimum absolute atomic E-state index is 0.0402. The third-order valence-corrected chi connectivity index (χ3v) is 4.72. The highest BCUT2D eigenvalue weighted by Crippen LogP contribution is 2.29. The molecule has 2 aromatic rings. The van der Waals surface area contributed by atoms with Crippen LogP contribution in [0.2, 0.25) is 5.02 Å². The summed E-state index contributed by atoms with van der Waals surface area (Å²) in [5, 5.41) is 0.302. The van der Waals surface area contributed by atoms with Crippen LogP contribution in [0.15, 0.2) is 39.8 Å². The van der Waals surface area contributed by atoms with Gasteiger partial charge in [0.05, 0.1) is 7.11 Å². The minimum atomic E-state index is -3.85. The van der Waals surface area contributed by atoms with Gasteiger partial charge in [-0.3, -0.25) is 4.72 Å². The molecule has 5 nitrogen and oxygen atoms in total. The lowest BCUT2D eigenvalue weighted by Gasteiger charge is -2.12. The third-order valence-electron chi connectivity index (χ3n) is 2.69. The molecule has 0 saturated heterocycles. The van der Waals surface area contributed by atoms with E-state index in [-0.39, 0.29) is 16.5 Å². The van der Waals surface area contributed by atoms with Gasteiger partial charge in [0.25, 0.3) is 10.0 Å². The Kier molecular flexibility index (Phi) is 4.75. The number of nitrogens with zero attached hydrogens (tertiary/aromatic N) is 1. The normalized spacial score (nSPS) is 11.2. The van der Waals surface area contributed by atoms with Gasteiger partial charge in [-0.1, -0.05) is 11.6 Å². The Morgan fingerprint density at radius 2 is 2.05 bits per heavy atom. The molecule has 0 bridgehead atoms. The van der Waals surface area contributed by atoms with Crippen LogP contribution in [0.3, 0.4) is 0 Å². The molecule has 8 heteroatoms. The highest BCUT2D eigenvalue weighted by molar-refractivity contribution is 9.10.